The Bertz CT molecular complexity index is 233. The van der Waals surface area contributed by atoms with E-state index in [4.69, 9.17) is 0 Å². The topological polar surface area (TPSA) is 0 Å². The number of hydrogen-bond donors (Lipinski definition) is 0. The molecule has 0 aliphatic heterocycles. The highest BCUT2D eigenvalue weighted by molar-refractivity contribution is 9.10. The van der Waals surface area contributed by atoms with Crippen molar-refractivity contribution in [2.45, 2.75) is 11.2 Å². The summed E-state index contributed by atoms with van der Waals surface area (Å²) in [6.07, 6.45) is 0.871. The molecule has 1 aromatic carbocycles. The zero-order chi connectivity index (χ0) is 8.27. The quantitative estimate of drug-likeness (QED) is 0.713. The lowest BCUT2D eigenvalue weighted by Gasteiger charge is -2.06. The Balaban J connectivity index is 2.86. The molecule has 1 rings (SSSR count). The van der Waals surface area contributed by atoms with Crippen LogP contribution in [0.5, 0.6) is 0 Å². The fourth-order valence-electron chi connectivity index (χ4n) is 0.868. The highest BCUT2D eigenvalue weighted by atomic mass is 79.9. The standard InChI is InChI=1S/C9H9Br2/c1-2-9(11)7-4-3-5-8(10)6-7/h3-6,9H,1-2H2. The fourth-order valence-corrected chi connectivity index (χ4v) is 1.57. The predicted octanol–water partition coefficient (Wildman–Crippen LogP) is 4.11. The molecule has 0 saturated heterocycles. The Hall–Kier alpha value is 0.180. The Morgan fingerprint density at radius 3 is 2.73 bits per heavy atom. The molecule has 1 unspecified atom stereocenters. The molecule has 0 N–H and O–H groups in total. The largest absolute Gasteiger partial charge is 0.0839 e. The maximum Gasteiger partial charge on any atom is 0.0395 e. The van der Waals surface area contributed by atoms with Crippen LogP contribution in [0.3, 0.4) is 0 Å². The van der Waals surface area contributed by atoms with Gasteiger partial charge in [0, 0.05) is 9.30 Å². The van der Waals surface area contributed by atoms with Gasteiger partial charge in [-0.25, -0.2) is 0 Å². The predicted molar refractivity (Wildman–Crippen MR) is 55.8 cm³/mol. The lowest BCUT2D eigenvalue weighted by molar-refractivity contribution is 0.985. The van der Waals surface area contributed by atoms with Crippen molar-refractivity contribution in [1.82, 2.24) is 0 Å². The van der Waals surface area contributed by atoms with E-state index < -0.39 is 0 Å². The summed E-state index contributed by atoms with van der Waals surface area (Å²) in [4.78, 5) is 0.375. The van der Waals surface area contributed by atoms with Crippen LogP contribution in [-0.4, -0.2) is 0 Å². The molecule has 0 bridgehead atoms. The van der Waals surface area contributed by atoms with Crippen molar-refractivity contribution >= 4 is 31.9 Å². The SMILES string of the molecule is [CH2]CC(Br)c1cccc(Br)c1. The minimum absolute atomic E-state index is 0.375. The normalized spacial score (nSPS) is 13.0. The molecular formula is C9H9Br2. The van der Waals surface area contributed by atoms with Crippen LogP contribution in [0, 0.1) is 6.92 Å². The van der Waals surface area contributed by atoms with Gasteiger partial charge in [-0.15, -0.1) is 0 Å². The highest BCUT2D eigenvalue weighted by Crippen LogP contribution is 2.27. The van der Waals surface area contributed by atoms with Gasteiger partial charge in [-0.05, 0) is 24.1 Å². The molecule has 1 atom stereocenters. The van der Waals surface area contributed by atoms with Gasteiger partial charge in [0.1, 0.15) is 0 Å². The van der Waals surface area contributed by atoms with Crippen LogP contribution in [0.15, 0.2) is 28.7 Å². The molecule has 0 heterocycles. The Morgan fingerprint density at radius 2 is 2.18 bits per heavy atom. The zero-order valence-corrected chi connectivity index (χ0v) is 9.23. The molecule has 2 heteroatoms. The molecule has 0 aliphatic rings. The fraction of sp³-hybridized carbons (Fsp3) is 0.222. The number of halogens is 2. The maximum absolute atomic E-state index is 3.83. The zero-order valence-electron chi connectivity index (χ0n) is 6.06. The molecule has 1 radical (unpaired) electrons. The van der Waals surface area contributed by atoms with E-state index in [1.165, 1.54) is 5.56 Å². The lowest BCUT2D eigenvalue weighted by atomic mass is 10.1. The van der Waals surface area contributed by atoms with Gasteiger partial charge in [-0.1, -0.05) is 50.9 Å². The number of hydrogen-bond acceptors (Lipinski definition) is 0. The van der Waals surface area contributed by atoms with Crippen molar-refractivity contribution < 1.29 is 0 Å². The maximum atomic E-state index is 3.83. The van der Waals surface area contributed by atoms with Crippen LogP contribution < -0.4 is 0 Å². The number of rotatable bonds is 2. The second-order valence-electron chi connectivity index (χ2n) is 2.31. The summed E-state index contributed by atoms with van der Waals surface area (Å²) in [6.45, 7) is 3.83. The van der Waals surface area contributed by atoms with Gasteiger partial charge in [0.15, 0.2) is 0 Å². The van der Waals surface area contributed by atoms with Gasteiger partial charge in [0.25, 0.3) is 0 Å². The first-order chi connectivity index (χ1) is 5.24. The minimum Gasteiger partial charge on any atom is -0.0839 e. The molecule has 0 fully saturated rings. The van der Waals surface area contributed by atoms with E-state index in [0.29, 0.717) is 4.83 Å². The van der Waals surface area contributed by atoms with Gasteiger partial charge in [-0.3, -0.25) is 0 Å². The minimum atomic E-state index is 0.375. The molecule has 0 spiro atoms. The van der Waals surface area contributed by atoms with E-state index in [1.54, 1.807) is 0 Å². The summed E-state index contributed by atoms with van der Waals surface area (Å²) in [7, 11) is 0. The summed E-state index contributed by atoms with van der Waals surface area (Å²) in [6, 6.07) is 8.25. The summed E-state index contributed by atoms with van der Waals surface area (Å²) in [5.74, 6) is 0. The van der Waals surface area contributed by atoms with Crippen molar-refractivity contribution in [2.75, 3.05) is 0 Å². The van der Waals surface area contributed by atoms with Crippen molar-refractivity contribution in [1.29, 1.82) is 0 Å². The van der Waals surface area contributed by atoms with Crippen LogP contribution in [0.1, 0.15) is 16.8 Å². The van der Waals surface area contributed by atoms with E-state index in [1.807, 2.05) is 12.1 Å². The Kier molecular flexibility index (Phi) is 3.60. The number of alkyl halides is 1. The smallest absolute Gasteiger partial charge is 0.0395 e. The van der Waals surface area contributed by atoms with Crippen LogP contribution in [0.2, 0.25) is 0 Å². The number of benzene rings is 1. The molecule has 0 amide bonds. The molecule has 0 nitrogen and oxygen atoms in total. The van der Waals surface area contributed by atoms with Gasteiger partial charge in [-0.2, -0.15) is 0 Å². The van der Waals surface area contributed by atoms with Gasteiger partial charge < -0.3 is 0 Å². The first kappa shape index (κ1) is 9.27. The van der Waals surface area contributed by atoms with Crippen LogP contribution in [0.25, 0.3) is 0 Å². The van der Waals surface area contributed by atoms with E-state index in [0.717, 1.165) is 10.9 Å². The summed E-state index contributed by atoms with van der Waals surface area (Å²) >= 11 is 6.95. The molecule has 0 aromatic heterocycles. The second-order valence-corrected chi connectivity index (χ2v) is 4.33. The van der Waals surface area contributed by atoms with Crippen LogP contribution in [-0.2, 0) is 0 Å². The molecular weight excluding hydrogens is 268 g/mol. The van der Waals surface area contributed by atoms with E-state index >= 15 is 0 Å². The third kappa shape index (κ3) is 2.60. The average Bonchev–Trinajstić information content (AvgIpc) is 2.03. The third-order valence-electron chi connectivity index (χ3n) is 1.46. The molecule has 0 saturated carbocycles. The highest BCUT2D eigenvalue weighted by Gasteiger charge is 2.03. The molecule has 1 aromatic rings. The molecule has 11 heavy (non-hydrogen) atoms. The van der Waals surface area contributed by atoms with Crippen molar-refractivity contribution in [3.63, 3.8) is 0 Å². The first-order valence-corrected chi connectivity index (χ1v) is 5.13. The summed E-state index contributed by atoms with van der Waals surface area (Å²) < 4.78 is 1.12. The first-order valence-electron chi connectivity index (χ1n) is 3.43. The van der Waals surface area contributed by atoms with E-state index in [2.05, 4.69) is 50.9 Å². The average molecular weight is 277 g/mol. The van der Waals surface area contributed by atoms with E-state index in [-0.39, 0.29) is 0 Å². The van der Waals surface area contributed by atoms with Crippen LogP contribution >= 0.6 is 31.9 Å². The lowest BCUT2D eigenvalue weighted by Crippen LogP contribution is -1.86. The molecule has 0 aliphatic carbocycles. The van der Waals surface area contributed by atoms with Crippen molar-refractivity contribution in [3.8, 4) is 0 Å². The van der Waals surface area contributed by atoms with E-state index in [9.17, 15) is 0 Å². The monoisotopic (exact) mass is 275 g/mol. The summed E-state index contributed by atoms with van der Waals surface area (Å²) in [5.41, 5.74) is 1.27. The Morgan fingerprint density at radius 1 is 1.45 bits per heavy atom. The van der Waals surface area contributed by atoms with Gasteiger partial charge in [0.2, 0.25) is 0 Å². The van der Waals surface area contributed by atoms with Crippen molar-refractivity contribution in [2.24, 2.45) is 0 Å². The molecule has 59 valence electrons. The van der Waals surface area contributed by atoms with Gasteiger partial charge in [0.05, 0.1) is 0 Å². The third-order valence-corrected chi connectivity index (χ3v) is 2.94. The van der Waals surface area contributed by atoms with Gasteiger partial charge >= 0.3 is 0 Å². The second kappa shape index (κ2) is 4.27. The summed E-state index contributed by atoms with van der Waals surface area (Å²) in [5, 5.41) is 0. The Labute approximate surface area is 84.3 Å². The van der Waals surface area contributed by atoms with Crippen molar-refractivity contribution in [3.05, 3.63) is 41.2 Å². The van der Waals surface area contributed by atoms with Crippen LogP contribution in [0.4, 0.5) is 0 Å².